The normalized spacial score (nSPS) is 18.7. The zero-order chi connectivity index (χ0) is 22.4. The molecule has 0 spiro atoms. The maximum Gasteiger partial charge on any atom is 0.135 e. The van der Waals surface area contributed by atoms with E-state index in [0.717, 1.165) is 40.0 Å². The number of fused-ring (bicyclic) bond motifs is 2. The van der Waals surface area contributed by atoms with Gasteiger partial charge in [-0.3, -0.25) is 4.90 Å². The maximum atomic E-state index is 10.6. The highest BCUT2D eigenvalue weighted by Crippen LogP contribution is 2.51. The molecule has 31 heavy (non-hydrogen) atoms. The van der Waals surface area contributed by atoms with Crippen LogP contribution in [0.3, 0.4) is 0 Å². The molecule has 0 fully saturated rings. The van der Waals surface area contributed by atoms with Crippen molar-refractivity contribution < 1.29 is 19.3 Å². The molecule has 2 atom stereocenters. The number of aryl methyl sites for hydroxylation is 1. The third-order valence-corrected chi connectivity index (χ3v) is 6.72. The second kappa shape index (κ2) is 7.97. The van der Waals surface area contributed by atoms with E-state index < -0.39 is 0 Å². The topological polar surface area (TPSA) is 51.2 Å². The fourth-order valence-electron chi connectivity index (χ4n) is 4.95. The van der Waals surface area contributed by atoms with Crippen LogP contribution in [0, 0.1) is 6.92 Å². The van der Waals surface area contributed by atoms with Crippen LogP contribution in [-0.4, -0.2) is 44.4 Å². The van der Waals surface area contributed by atoms with E-state index in [-0.39, 0.29) is 11.8 Å². The Kier molecular flexibility index (Phi) is 5.48. The molecule has 3 aromatic rings. The summed E-state index contributed by atoms with van der Waals surface area (Å²) in [5.41, 5.74) is 5.34. The molecule has 0 aliphatic carbocycles. The van der Waals surface area contributed by atoms with Gasteiger partial charge in [-0.05, 0) is 80.6 Å². The van der Waals surface area contributed by atoms with E-state index in [4.69, 9.17) is 14.2 Å². The Balaban J connectivity index is 2.12. The molecule has 3 aromatic carbocycles. The second-order valence-electron chi connectivity index (χ2n) is 8.48. The third kappa shape index (κ3) is 3.28. The van der Waals surface area contributed by atoms with E-state index in [0.29, 0.717) is 17.2 Å². The van der Waals surface area contributed by atoms with Crippen molar-refractivity contribution in [3.05, 3.63) is 47.0 Å². The number of phenols is 1. The van der Waals surface area contributed by atoms with Crippen LogP contribution in [0.4, 0.5) is 0 Å². The number of ether oxygens (including phenoxy) is 3. The summed E-state index contributed by atoms with van der Waals surface area (Å²) in [6.07, 6.45) is 0.937. The van der Waals surface area contributed by atoms with Crippen molar-refractivity contribution in [2.75, 3.05) is 28.4 Å². The van der Waals surface area contributed by atoms with Gasteiger partial charge in [-0.1, -0.05) is 6.07 Å². The van der Waals surface area contributed by atoms with Gasteiger partial charge in [-0.25, -0.2) is 0 Å². The summed E-state index contributed by atoms with van der Waals surface area (Å²) >= 11 is 0. The highest BCUT2D eigenvalue weighted by atomic mass is 16.5. The van der Waals surface area contributed by atoms with E-state index in [2.05, 4.69) is 37.9 Å². The van der Waals surface area contributed by atoms with Gasteiger partial charge in [0, 0.05) is 17.6 Å². The first-order chi connectivity index (χ1) is 14.8. The lowest BCUT2D eigenvalue weighted by atomic mass is 9.84. The number of hydrogen-bond acceptors (Lipinski definition) is 5. The molecule has 1 aliphatic heterocycles. The average molecular weight is 422 g/mol. The Labute approximate surface area is 184 Å². The van der Waals surface area contributed by atoms with E-state index in [9.17, 15) is 5.11 Å². The van der Waals surface area contributed by atoms with Crippen LogP contribution in [0.15, 0.2) is 30.3 Å². The van der Waals surface area contributed by atoms with E-state index >= 15 is 0 Å². The minimum atomic E-state index is 0.188. The summed E-state index contributed by atoms with van der Waals surface area (Å²) in [6.45, 7) is 6.49. The fourth-order valence-corrected chi connectivity index (χ4v) is 4.95. The van der Waals surface area contributed by atoms with Gasteiger partial charge in [-0.15, -0.1) is 0 Å². The molecule has 5 heteroatoms. The van der Waals surface area contributed by atoms with Crippen molar-refractivity contribution in [3.63, 3.8) is 0 Å². The van der Waals surface area contributed by atoms with Crippen molar-refractivity contribution in [1.29, 1.82) is 0 Å². The predicted molar refractivity (Wildman–Crippen MR) is 125 cm³/mol. The highest BCUT2D eigenvalue weighted by molar-refractivity contribution is 6.05. The number of rotatable bonds is 4. The van der Waals surface area contributed by atoms with Crippen molar-refractivity contribution in [2.45, 2.75) is 39.3 Å². The summed E-state index contributed by atoms with van der Waals surface area (Å²) in [5, 5.41) is 12.2. The van der Waals surface area contributed by atoms with Crippen LogP contribution < -0.4 is 14.2 Å². The number of methoxy groups -OCH3 is 3. The molecule has 0 radical (unpaired) electrons. The Bertz CT molecular complexity index is 1150. The van der Waals surface area contributed by atoms with Gasteiger partial charge in [0.25, 0.3) is 0 Å². The quantitative estimate of drug-likeness (QED) is 0.604. The summed E-state index contributed by atoms with van der Waals surface area (Å²) in [7, 11) is 7.20. The Morgan fingerprint density at radius 3 is 2.32 bits per heavy atom. The van der Waals surface area contributed by atoms with Gasteiger partial charge in [-0.2, -0.15) is 0 Å². The fraction of sp³-hybridized carbons (Fsp3) is 0.385. The van der Waals surface area contributed by atoms with E-state index in [1.807, 2.05) is 19.1 Å². The number of aromatic hydroxyl groups is 1. The Hall–Kier alpha value is -2.92. The lowest BCUT2D eigenvalue weighted by Crippen LogP contribution is -2.38. The number of phenolic OH excluding ortho intramolecular Hbond substituents is 1. The zero-order valence-electron chi connectivity index (χ0n) is 19.4. The van der Waals surface area contributed by atoms with Gasteiger partial charge in [0.05, 0.1) is 32.3 Å². The molecular weight excluding hydrogens is 390 g/mol. The molecule has 1 heterocycles. The third-order valence-electron chi connectivity index (χ3n) is 6.72. The van der Waals surface area contributed by atoms with Crippen LogP contribution in [0.1, 0.15) is 36.6 Å². The molecule has 164 valence electrons. The second-order valence-corrected chi connectivity index (χ2v) is 8.48. The van der Waals surface area contributed by atoms with Crippen LogP contribution in [0.5, 0.6) is 23.0 Å². The van der Waals surface area contributed by atoms with Crippen LogP contribution in [0.2, 0.25) is 0 Å². The van der Waals surface area contributed by atoms with Crippen LogP contribution >= 0.6 is 0 Å². The van der Waals surface area contributed by atoms with Crippen molar-refractivity contribution in [3.8, 4) is 34.1 Å². The summed E-state index contributed by atoms with van der Waals surface area (Å²) in [6, 6.07) is 10.4. The summed E-state index contributed by atoms with van der Waals surface area (Å²) in [5.74, 6) is 2.43. The van der Waals surface area contributed by atoms with E-state index in [1.165, 1.54) is 11.1 Å². The monoisotopic (exact) mass is 421 g/mol. The lowest BCUT2D eigenvalue weighted by molar-refractivity contribution is 0.175. The number of likely N-dealkylation sites (N-methyl/N-ethyl adjacent to an activating group) is 1. The first-order valence-electron chi connectivity index (χ1n) is 10.6. The zero-order valence-corrected chi connectivity index (χ0v) is 19.4. The predicted octanol–water partition coefficient (Wildman–Crippen LogP) is 5.48. The number of hydrogen-bond donors (Lipinski definition) is 1. The molecule has 0 amide bonds. The smallest absolute Gasteiger partial charge is 0.135 e. The largest absolute Gasteiger partial charge is 0.507 e. The van der Waals surface area contributed by atoms with Crippen molar-refractivity contribution >= 4 is 10.8 Å². The molecule has 0 saturated carbocycles. The number of benzene rings is 3. The van der Waals surface area contributed by atoms with Gasteiger partial charge in [0.15, 0.2) is 0 Å². The van der Waals surface area contributed by atoms with Gasteiger partial charge < -0.3 is 19.3 Å². The molecule has 1 N–H and O–H groups in total. The Morgan fingerprint density at radius 1 is 0.968 bits per heavy atom. The van der Waals surface area contributed by atoms with Gasteiger partial charge in [0.2, 0.25) is 0 Å². The average Bonchev–Trinajstić information content (AvgIpc) is 2.76. The minimum absolute atomic E-state index is 0.188. The molecule has 2 unspecified atom stereocenters. The highest BCUT2D eigenvalue weighted by Gasteiger charge is 2.33. The van der Waals surface area contributed by atoms with Crippen molar-refractivity contribution in [2.24, 2.45) is 0 Å². The van der Waals surface area contributed by atoms with Crippen LogP contribution in [0.25, 0.3) is 21.9 Å². The summed E-state index contributed by atoms with van der Waals surface area (Å²) in [4.78, 5) is 2.38. The van der Waals surface area contributed by atoms with E-state index in [1.54, 1.807) is 27.4 Å². The molecule has 1 aliphatic rings. The minimum Gasteiger partial charge on any atom is -0.507 e. The van der Waals surface area contributed by atoms with Crippen LogP contribution in [-0.2, 0) is 6.42 Å². The first kappa shape index (κ1) is 21.3. The van der Waals surface area contributed by atoms with Crippen molar-refractivity contribution in [1.82, 2.24) is 4.90 Å². The standard InChI is InChI=1S/C26H31NO4/c1-14-10-19-18(8-9-20(28)24(19)21(11-14)29-5)25-22(30-6)13-17-12-15(2)27(4)16(3)23(17)26(25)31-7/h8-11,13,15-16,28H,12H2,1-7H3. The maximum absolute atomic E-state index is 10.6. The Morgan fingerprint density at radius 2 is 1.68 bits per heavy atom. The SMILES string of the molecule is COc1cc2c(c(OC)c1-c1ccc(O)c3c(OC)cc(C)cc13)C(C)N(C)C(C)C2. The van der Waals surface area contributed by atoms with Gasteiger partial charge in [0.1, 0.15) is 23.0 Å². The lowest BCUT2D eigenvalue weighted by Gasteiger charge is -2.39. The number of nitrogens with zero attached hydrogens (tertiary/aromatic N) is 1. The molecule has 0 aromatic heterocycles. The summed E-state index contributed by atoms with van der Waals surface area (Å²) < 4.78 is 17.5. The molecule has 5 nitrogen and oxygen atoms in total. The first-order valence-corrected chi connectivity index (χ1v) is 10.6. The molecule has 4 rings (SSSR count). The molecule has 0 bridgehead atoms. The molecular formula is C26H31NO4. The molecule has 0 saturated heterocycles. The van der Waals surface area contributed by atoms with Gasteiger partial charge >= 0.3 is 0 Å².